The zero-order valence-corrected chi connectivity index (χ0v) is 12.4. The molecule has 1 aliphatic rings. The van der Waals surface area contributed by atoms with Crippen molar-refractivity contribution in [3.63, 3.8) is 0 Å². The van der Waals surface area contributed by atoms with Crippen LogP contribution in [0.2, 0.25) is 0 Å². The van der Waals surface area contributed by atoms with Crippen LogP contribution in [-0.2, 0) is 10.0 Å². The molecule has 0 aliphatic heterocycles. The Hall–Kier alpha value is -0.460. The zero-order valence-electron chi connectivity index (χ0n) is 9.99. The summed E-state index contributed by atoms with van der Waals surface area (Å²) >= 11 is 3.10. The van der Waals surface area contributed by atoms with E-state index < -0.39 is 15.8 Å². The Bertz CT molecular complexity index is 547. The van der Waals surface area contributed by atoms with E-state index in [-0.39, 0.29) is 10.9 Å². The Labute approximate surface area is 115 Å². The van der Waals surface area contributed by atoms with Crippen molar-refractivity contribution in [2.24, 2.45) is 5.92 Å². The Morgan fingerprint density at radius 1 is 1.39 bits per heavy atom. The average Bonchev–Trinajstić information content (AvgIpc) is 2.62. The van der Waals surface area contributed by atoms with Crippen molar-refractivity contribution in [2.45, 2.75) is 37.1 Å². The first kappa shape index (κ1) is 14.0. The van der Waals surface area contributed by atoms with Crippen LogP contribution in [0.4, 0.5) is 4.39 Å². The third-order valence-corrected chi connectivity index (χ3v) is 5.25. The molecule has 0 bridgehead atoms. The third kappa shape index (κ3) is 3.10. The largest absolute Gasteiger partial charge is 0.243 e. The number of benzene rings is 1. The van der Waals surface area contributed by atoms with Gasteiger partial charge in [0.05, 0.1) is 0 Å². The highest BCUT2D eigenvalue weighted by atomic mass is 79.9. The van der Waals surface area contributed by atoms with Crippen LogP contribution in [0.25, 0.3) is 0 Å². The molecule has 0 radical (unpaired) electrons. The van der Waals surface area contributed by atoms with Gasteiger partial charge in [0.1, 0.15) is 10.7 Å². The summed E-state index contributed by atoms with van der Waals surface area (Å²) in [6.07, 6.45) is 2.64. The maximum atomic E-state index is 13.6. The molecular formula is C12H15BrFNO2S. The molecule has 2 rings (SSSR count). The van der Waals surface area contributed by atoms with Crippen LogP contribution in [0.15, 0.2) is 27.6 Å². The molecule has 2 unspecified atom stereocenters. The quantitative estimate of drug-likeness (QED) is 0.922. The smallest absolute Gasteiger partial charge is 0.208 e. The summed E-state index contributed by atoms with van der Waals surface area (Å²) in [5.41, 5.74) is 0. The lowest BCUT2D eigenvalue weighted by atomic mass is 10.1. The van der Waals surface area contributed by atoms with Crippen LogP contribution < -0.4 is 4.72 Å². The topological polar surface area (TPSA) is 46.2 Å². The number of halogens is 2. The molecule has 3 nitrogen and oxygen atoms in total. The van der Waals surface area contributed by atoms with Gasteiger partial charge in [0.2, 0.25) is 10.0 Å². The lowest BCUT2D eigenvalue weighted by Gasteiger charge is -2.13. The van der Waals surface area contributed by atoms with E-state index in [2.05, 4.69) is 27.6 Å². The van der Waals surface area contributed by atoms with E-state index in [1.807, 2.05) is 0 Å². The van der Waals surface area contributed by atoms with Gasteiger partial charge >= 0.3 is 0 Å². The summed E-state index contributed by atoms with van der Waals surface area (Å²) in [5.74, 6) is -0.213. The van der Waals surface area contributed by atoms with E-state index in [1.54, 1.807) is 0 Å². The molecule has 0 spiro atoms. The molecule has 0 aromatic heterocycles. The fraction of sp³-hybridized carbons (Fsp3) is 0.500. The van der Waals surface area contributed by atoms with Gasteiger partial charge in [0.15, 0.2) is 0 Å². The Morgan fingerprint density at radius 2 is 2.11 bits per heavy atom. The highest BCUT2D eigenvalue weighted by Gasteiger charge is 2.28. The fourth-order valence-corrected chi connectivity index (χ4v) is 3.97. The monoisotopic (exact) mass is 335 g/mol. The van der Waals surface area contributed by atoms with Crippen molar-refractivity contribution in [2.75, 3.05) is 0 Å². The molecule has 6 heteroatoms. The minimum atomic E-state index is -3.76. The number of rotatable bonds is 3. The van der Waals surface area contributed by atoms with Gasteiger partial charge in [-0.1, -0.05) is 22.9 Å². The molecule has 0 heterocycles. The first-order valence-electron chi connectivity index (χ1n) is 5.86. The second kappa shape index (κ2) is 5.27. The minimum Gasteiger partial charge on any atom is -0.208 e. The van der Waals surface area contributed by atoms with Gasteiger partial charge in [0, 0.05) is 10.5 Å². The zero-order chi connectivity index (χ0) is 13.3. The van der Waals surface area contributed by atoms with E-state index >= 15 is 0 Å². The van der Waals surface area contributed by atoms with Crippen molar-refractivity contribution in [1.82, 2.24) is 4.72 Å². The lowest BCUT2D eigenvalue weighted by molar-refractivity contribution is 0.527. The van der Waals surface area contributed by atoms with Crippen molar-refractivity contribution in [3.05, 3.63) is 28.5 Å². The minimum absolute atomic E-state index is 0.0759. The Morgan fingerprint density at radius 3 is 2.67 bits per heavy atom. The summed E-state index contributed by atoms with van der Waals surface area (Å²) in [4.78, 5) is -0.287. The van der Waals surface area contributed by atoms with E-state index in [0.29, 0.717) is 10.4 Å². The molecule has 1 saturated carbocycles. The molecule has 18 heavy (non-hydrogen) atoms. The van der Waals surface area contributed by atoms with Gasteiger partial charge in [-0.15, -0.1) is 0 Å². The molecule has 2 atom stereocenters. The average molecular weight is 336 g/mol. The normalized spacial score (nSPS) is 24.4. The van der Waals surface area contributed by atoms with Gasteiger partial charge in [-0.3, -0.25) is 0 Å². The van der Waals surface area contributed by atoms with E-state index in [9.17, 15) is 12.8 Å². The lowest BCUT2D eigenvalue weighted by Crippen LogP contribution is -2.33. The number of hydrogen-bond donors (Lipinski definition) is 1. The van der Waals surface area contributed by atoms with Gasteiger partial charge < -0.3 is 0 Å². The summed E-state index contributed by atoms with van der Waals surface area (Å²) in [6, 6.07) is 3.88. The van der Waals surface area contributed by atoms with Crippen LogP contribution in [0.3, 0.4) is 0 Å². The molecular weight excluding hydrogens is 321 g/mol. The second-order valence-electron chi connectivity index (χ2n) is 4.81. The van der Waals surface area contributed by atoms with Crippen LogP contribution in [-0.4, -0.2) is 14.5 Å². The highest BCUT2D eigenvalue weighted by Crippen LogP contribution is 2.27. The predicted molar refractivity (Wildman–Crippen MR) is 71.2 cm³/mol. The van der Waals surface area contributed by atoms with Crippen LogP contribution in [0, 0.1) is 11.7 Å². The second-order valence-corrected chi connectivity index (χ2v) is 7.41. The molecule has 1 fully saturated rings. The maximum Gasteiger partial charge on any atom is 0.243 e. The Balaban J connectivity index is 2.20. The van der Waals surface area contributed by atoms with Gasteiger partial charge in [-0.05, 0) is 43.4 Å². The van der Waals surface area contributed by atoms with Gasteiger partial charge in [0.25, 0.3) is 0 Å². The summed E-state index contributed by atoms with van der Waals surface area (Å²) < 4.78 is 40.9. The van der Waals surface area contributed by atoms with Crippen LogP contribution in [0.1, 0.15) is 26.2 Å². The maximum absolute atomic E-state index is 13.6. The molecule has 0 amide bonds. The first-order valence-corrected chi connectivity index (χ1v) is 8.13. The van der Waals surface area contributed by atoms with E-state index in [4.69, 9.17) is 0 Å². The van der Waals surface area contributed by atoms with Crippen molar-refractivity contribution >= 4 is 26.0 Å². The van der Waals surface area contributed by atoms with Crippen molar-refractivity contribution < 1.29 is 12.8 Å². The molecule has 1 aliphatic carbocycles. The van der Waals surface area contributed by atoms with Crippen molar-refractivity contribution in [3.8, 4) is 0 Å². The number of hydrogen-bond acceptors (Lipinski definition) is 2. The van der Waals surface area contributed by atoms with E-state index in [1.165, 1.54) is 12.1 Å². The summed E-state index contributed by atoms with van der Waals surface area (Å²) in [7, 11) is -3.76. The Kier molecular flexibility index (Phi) is 4.08. The fourth-order valence-electron chi connectivity index (χ4n) is 2.29. The summed E-state index contributed by atoms with van der Waals surface area (Å²) in [6.45, 7) is 2.09. The van der Waals surface area contributed by atoms with Gasteiger partial charge in [-0.25, -0.2) is 17.5 Å². The number of nitrogens with one attached hydrogen (secondary N) is 1. The number of sulfonamides is 1. The van der Waals surface area contributed by atoms with Gasteiger partial charge in [-0.2, -0.15) is 0 Å². The predicted octanol–water partition coefficient (Wildman–Crippen LogP) is 3.06. The third-order valence-electron chi connectivity index (χ3n) is 3.20. The van der Waals surface area contributed by atoms with Crippen LogP contribution >= 0.6 is 15.9 Å². The standard InChI is InChI=1S/C12H15BrFNO2S/c1-8-2-4-10(6-8)15-18(16,17)12-5-3-9(13)7-11(12)14/h3,5,7-8,10,15H,2,4,6H2,1H3. The first-order chi connectivity index (χ1) is 8.38. The molecule has 100 valence electrons. The van der Waals surface area contributed by atoms with Crippen molar-refractivity contribution in [1.29, 1.82) is 0 Å². The van der Waals surface area contributed by atoms with Crippen LogP contribution in [0.5, 0.6) is 0 Å². The summed E-state index contributed by atoms with van der Waals surface area (Å²) in [5, 5.41) is 0. The molecule has 1 aromatic carbocycles. The van der Waals surface area contributed by atoms with E-state index in [0.717, 1.165) is 25.3 Å². The molecule has 0 saturated heterocycles. The molecule has 1 aromatic rings. The highest BCUT2D eigenvalue weighted by molar-refractivity contribution is 9.10. The molecule has 1 N–H and O–H groups in total. The SMILES string of the molecule is CC1CCC(NS(=O)(=O)c2ccc(Br)cc2F)C1.